The molecule has 28 heavy (non-hydrogen) atoms. The Balaban J connectivity index is 1.30. The van der Waals surface area contributed by atoms with E-state index in [2.05, 4.69) is 20.7 Å². The van der Waals surface area contributed by atoms with Gasteiger partial charge in [0, 0.05) is 28.9 Å². The molecule has 0 radical (unpaired) electrons. The zero-order valence-corrected chi connectivity index (χ0v) is 16.6. The second-order valence-corrected chi connectivity index (χ2v) is 7.69. The maximum absolute atomic E-state index is 12.4. The molecule has 0 aliphatic rings. The van der Waals surface area contributed by atoms with Crippen molar-refractivity contribution in [2.45, 2.75) is 26.2 Å². The summed E-state index contributed by atoms with van der Waals surface area (Å²) in [6.07, 6.45) is 4.76. The van der Waals surface area contributed by atoms with E-state index in [0.717, 1.165) is 41.7 Å². The largest absolute Gasteiger partial charge is 0.352 e. The minimum atomic E-state index is -0.0351. The van der Waals surface area contributed by atoms with Crippen LogP contribution in [0.4, 0.5) is 0 Å². The van der Waals surface area contributed by atoms with Gasteiger partial charge in [0.05, 0.1) is 16.0 Å². The number of unbranched alkanes of at least 4 members (excludes halogenated alkanes) is 1. The van der Waals surface area contributed by atoms with Crippen molar-refractivity contribution in [3.05, 3.63) is 76.5 Å². The molecule has 0 atom stereocenters. The number of thiazole rings is 1. The fraction of sp³-hybridized carbons (Fsp3) is 0.227. The van der Waals surface area contributed by atoms with Gasteiger partial charge in [-0.3, -0.25) is 9.36 Å². The molecule has 0 saturated carbocycles. The Hall–Kier alpha value is -2.99. The number of para-hydroxylation sites is 2. The number of benzene rings is 2. The number of carbonyl (C=O) groups excluding carboxylic acids is 1. The highest BCUT2D eigenvalue weighted by atomic mass is 32.1. The van der Waals surface area contributed by atoms with Gasteiger partial charge in [-0.05, 0) is 62.6 Å². The summed E-state index contributed by atoms with van der Waals surface area (Å²) in [4.78, 5) is 21.2. The van der Waals surface area contributed by atoms with Crippen LogP contribution in [0.15, 0.2) is 60.2 Å². The number of amides is 1. The molecule has 0 spiro atoms. The number of nitrogens with zero attached hydrogens (tertiary/aromatic N) is 3. The van der Waals surface area contributed by atoms with Gasteiger partial charge in [-0.15, -0.1) is 11.3 Å². The summed E-state index contributed by atoms with van der Waals surface area (Å²) in [5.41, 5.74) is 4.75. The number of rotatable bonds is 7. The summed E-state index contributed by atoms with van der Waals surface area (Å²) < 4.78 is 2.03. The van der Waals surface area contributed by atoms with Crippen LogP contribution in [0.5, 0.6) is 0 Å². The van der Waals surface area contributed by atoms with Crippen LogP contribution >= 0.6 is 11.3 Å². The number of aryl methyl sites for hydroxylation is 2. The Morgan fingerprint density at radius 1 is 1.11 bits per heavy atom. The van der Waals surface area contributed by atoms with E-state index in [0.29, 0.717) is 12.1 Å². The van der Waals surface area contributed by atoms with E-state index >= 15 is 0 Å². The van der Waals surface area contributed by atoms with Crippen molar-refractivity contribution >= 4 is 28.3 Å². The Morgan fingerprint density at radius 2 is 1.93 bits per heavy atom. The first-order valence-electron chi connectivity index (χ1n) is 9.42. The first-order chi connectivity index (χ1) is 13.7. The minimum absolute atomic E-state index is 0.0351. The molecule has 4 aromatic rings. The van der Waals surface area contributed by atoms with Crippen LogP contribution in [0, 0.1) is 6.92 Å². The number of hydrogen-bond acceptors (Lipinski definition) is 4. The Labute approximate surface area is 168 Å². The molecule has 2 heterocycles. The summed E-state index contributed by atoms with van der Waals surface area (Å²) in [5.74, 6) is -0.0351. The molecule has 5 nitrogen and oxygen atoms in total. The Morgan fingerprint density at radius 3 is 2.71 bits per heavy atom. The summed E-state index contributed by atoms with van der Waals surface area (Å²) in [6, 6.07) is 15.6. The van der Waals surface area contributed by atoms with Crippen LogP contribution < -0.4 is 5.32 Å². The van der Waals surface area contributed by atoms with Crippen molar-refractivity contribution in [3.63, 3.8) is 0 Å². The van der Waals surface area contributed by atoms with Gasteiger partial charge in [0.1, 0.15) is 6.33 Å². The van der Waals surface area contributed by atoms with Crippen LogP contribution in [0.2, 0.25) is 0 Å². The van der Waals surface area contributed by atoms with Crippen LogP contribution in [0.1, 0.15) is 33.9 Å². The number of carbonyl (C=O) groups is 1. The van der Waals surface area contributed by atoms with E-state index in [4.69, 9.17) is 0 Å². The van der Waals surface area contributed by atoms with Crippen molar-refractivity contribution < 1.29 is 4.79 Å². The lowest BCUT2D eigenvalue weighted by Gasteiger charge is -2.07. The zero-order chi connectivity index (χ0) is 19.3. The maximum Gasteiger partial charge on any atom is 0.251 e. The molecule has 0 unspecified atom stereocenters. The topological polar surface area (TPSA) is 59.8 Å². The minimum Gasteiger partial charge on any atom is -0.352 e. The first kappa shape index (κ1) is 18.4. The van der Waals surface area contributed by atoms with Crippen molar-refractivity contribution in [2.75, 3.05) is 6.54 Å². The van der Waals surface area contributed by atoms with E-state index < -0.39 is 0 Å². The predicted octanol–water partition coefficient (Wildman–Crippen LogP) is 4.54. The molecule has 4 rings (SSSR count). The molecule has 0 saturated heterocycles. The van der Waals surface area contributed by atoms with Crippen molar-refractivity contribution in [1.29, 1.82) is 0 Å². The first-order valence-corrected chi connectivity index (χ1v) is 10.3. The fourth-order valence-corrected chi connectivity index (χ4v) is 3.98. The van der Waals surface area contributed by atoms with Crippen LogP contribution in [0.25, 0.3) is 16.7 Å². The average molecular weight is 391 g/mol. The van der Waals surface area contributed by atoms with Gasteiger partial charge in [0.2, 0.25) is 0 Å². The number of aromatic nitrogens is 3. The summed E-state index contributed by atoms with van der Waals surface area (Å²) >= 11 is 1.71. The average Bonchev–Trinajstić information content (AvgIpc) is 3.34. The molecular formula is C22H22N4OS. The van der Waals surface area contributed by atoms with Crippen molar-refractivity contribution in [3.8, 4) is 5.69 Å². The summed E-state index contributed by atoms with van der Waals surface area (Å²) in [5, 5.41) is 6.25. The summed E-state index contributed by atoms with van der Waals surface area (Å²) in [7, 11) is 0. The second kappa shape index (κ2) is 8.35. The van der Waals surface area contributed by atoms with E-state index in [1.165, 1.54) is 5.01 Å². The molecular weight excluding hydrogens is 368 g/mol. The van der Waals surface area contributed by atoms with Crippen LogP contribution in [-0.4, -0.2) is 27.0 Å². The van der Waals surface area contributed by atoms with Gasteiger partial charge in [0.25, 0.3) is 5.91 Å². The van der Waals surface area contributed by atoms with Gasteiger partial charge >= 0.3 is 0 Å². The van der Waals surface area contributed by atoms with Crippen molar-refractivity contribution in [1.82, 2.24) is 19.9 Å². The molecule has 0 fully saturated rings. The number of imidazole rings is 1. The van der Waals surface area contributed by atoms with Gasteiger partial charge < -0.3 is 5.32 Å². The highest BCUT2D eigenvalue weighted by molar-refractivity contribution is 7.09. The molecule has 2 aromatic heterocycles. The number of nitrogens with one attached hydrogen (secondary N) is 1. The van der Waals surface area contributed by atoms with Crippen LogP contribution in [-0.2, 0) is 6.42 Å². The molecule has 1 amide bonds. The lowest BCUT2D eigenvalue weighted by atomic mass is 10.2. The quantitative estimate of drug-likeness (QED) is 0.471. The maximum atomic E-state index is 12.4. The molecule has 2 aromatic carbocycles. The Bertz CT molecular complexity index is 1080. The summed E-state index contributed by atoms with van der Waals surface area (Å²) in [6.45, 7) is 2.69. The zero-order valence-electron chi connectivity index (χ0n) is 15.8. The third-order valence-electron chi connectivity index (χ3n) is 4.63. The van der Waals surface area contributed by atoms with Gasteiger partial charge in [0.15, 0.2) is 0 Å². The monoisotopic (exact) mass is 390 g/mol. The second-order valence-electron chi connectivity index (χ2n) is 6.75. The molecule has 6 heteroatoms. The lowest BCUT2D eigenvalue weighted by Crippen LogP contribution is -2.24. The van der Waals surface area contributed by atoms with Crippen LogP contribution in [0.3, 0.4) is 0 Å². The SMILES string of the molecule is Cc1csc(CCCCNC(=O)c2ccc(-n3cnc4ccccc43)cc2)n1. The van der Waals surface area contributed by atoms with Gasteiger partial charge in [-0.1, -0.05) is 12.1 Å². The molecule has 0 aliphatic carbocycles. The van der Waals surface area contributed by atoms with Gasteiger partial charge in [-0.25, -0.2) is 9.97 Å². The lowest BCUT2D eigenvalue weighted by molar-refractivity contribution is 0.0953. The van der Waals surface area contributed by atoms with E-state index in [-0.39, 0.29) is 5.91 Å². The Kier molecular flexibility index (Phi) is 5.48. The molecule has 142 valence electrons. The predicted molar refractivity (Wildman–Crippen MR) is 113 cm³/mol. The van der Waals surface area contributed by atoms with Crippen molar-refractivity contribution in [2.24, 2.45) is 0 Å². The molecule has 1 N–H and O–H groups in total. The highest BCUT2D eigenvalue weighted by Crippen LogP contribution is 2.18. The van der Waals surface area contributed by atoms with Gasteiger partial charge in [-0.2, -0.15) is 0 Å². The fourth-order valence-electron chi connectivity index (χ4n) is 3.16. The number of fused-ring (bicyclic) bond motifs is 1. The third kappa shape index (κ3) is 4.12. The molecule has 0 aliphatic heterocycles. The third-order valence-corrected chi connectivity index (χ3v) is 5.66. The normalized spacial score (nSPS) is 11.0. The highest BCUT2D eigenvalue weighted by Gasteiger charge is 2.07. The van der Waals surface area contributed by atoms with E-state index in [1.807, 2.05) is 66.3 Å². The van der Waals surface area contributed by atoms with E-state index in [9.17, 15) is 4.79 Å². The smallest absolute Gasteiger partial charge is 0.251 e. The molecule has 0 bridgehead atoms. The number of hydrogen-bond donors (Lipinski definition) is 1. The van der Waals surface area contributed by atoms with E-state index in [1.54, 1.807) is 11.3 Å². The standard InChI is InChI=1S/C22H22N4OS/c1-16-14-28-21(25-16)8-4-5-13-23-22(27)17-9-11-18(12-10-17)26-15-24-19-6-2-3-7-20(19)26/h2-3,6-7,9-12,14-15H,4-5,8,13H2,1H3,(H,23,27).